The average Bonchev–Trinajstić information content (AvgIpc) is 2.01. The fourth-order valence-electron chi connectivity index (χ4n) is 1.28. The Labute approximate surface area is 92.6 Å². The van der Waals surface area contributed by atoms with Crippen LogP contribution in [0.15, 0.2) is 0 Å². The number of hydrogen-bond donors (Lipinski definition) is 2. The maximum atomic E-state index is 11.6. The second-order valence-electron chi connectivity index (χ2n) is 5.26. The maximum Gasteiger partial charge on any atom is 0.239 e. The fraction of sp³-hybridized carbons (Fsp3) is 0.909. The van der Waals surface area contributed by atoms with E-state index in [2.05, 4.69) is 5.32 Å². The van der Waals surface area contributed by atoms with E-state index in [-0.39, 0.29) is 17.6 Å². The van der Waals surface area contributed by atoms with E-state index in [1.165, 1.54) is 0 Å². The zero-order valence-electron chi connectivity index (χ0n) is 10.7. The average molecular weight is 216 g/mol. The topological polar surface area (TPSA) is 64.3 Å². The van der Waals surface area contributed by atoms with Crippen molar-refractivity contribution < 1.29 is 9.53 Å². The third-order valence-corrected chi connectivity index (χ3v) is 2.31. The molecule has 0 fully saturated rings. The molecule has 0 saturated carbocycles. The first-order valence-corrected chi connectivity index (χ1v) is 5.23. The lowest BCUT2D eigenvalue weighted by atomic mass is 9.98. The SMILES string of the molecule is COC(C)(C)CC(C)NC(=O)C(C)(C)N. The summed E-state index contributed by atoms with van der Waals surface area (Å²) in [7, 11) is 1.67. The zero-order valence-corrected chi connectivity index (χ0v) is 10.7. The van der Waals surface area contributed by atoms with Gasteiger partial charge in [-0.25, -0.2) is 0 Å². The van der Waals surface area contributed by atoms with Gasteiger partial charge in [0.15, 0.2) is 0 Å². The van der Waals surface area contributed by atoms with Crippen molar-refractivity contribution in [2.24, 2.45) is 5.73 Å². The lowest BCUT2D eigenvalue weighted by molar-refractivity contribution is -0.126. The van der Waals surface area contributed by atoms with E-state index in [1.807, 2.05) is 20.8 Å². The number of nitrogens with one attached hydrogen (secondary N) is 1. The lowest BCUT2D eigenvalue weighted by Gasteiger charge is -2.29. The van der Waals surface area contributed by atoms with E-state index in [0.29, 0.717) is 0 Å². The number of amides is 1. The lowest BCUT2D eigenvalue weighted by Crippen LogP contribution is -2.52. The van der Waals surface area contributed by atoms with Crippen LogP contribution in [0.25, 0.3) is 0 Å². The molecule has 0 aromatic heterocycles. The molecule has 0 aromatic carbocycles. The smallest absolute Gasteiger partial charge is 0.239 e. The summed E-state index contributed by atoms with van der Waals surface area (Å²) in [4.78, 5) is 11.6. The van der Waals surface area contributed by atoms with Gasteiger partial charge < -0.3 is 15.8 Å². The van der Waals surface area contributed by atoms with Crippen molar-refractivity contribution in [2.75, 3.05) is 7.11 Å². The molecule has 0 saturated heterocycles. The van der Waals surface area contributed by atoms with Crippen LogP contribution in [-0.4, -0.2) is 30.2 Å². The Hall–Kier alpha value is -0.610. The standard InChI is InChI=1S/C11H24N2O2/c1-8(7-10(2,3)15-6)13-9(14)11(4,5)12/h8H,7,12H2,1-6H3,(H,13,14). The molecule has 0 spiro atoms. The first-order chi connectivity index (χ1) is 6.58. The molecular formula is C11H24N2O2. The molecule has 0 aromatic rings. The second kappa shape index (κ2) is 4.94. The molecule has 4 nitrogen and oxygen atoms in total. The van der Waals surface area contributed by atoms with Gasteiger partial charge in [-0.05, 0) is 41.0 Å². The molecule has 90 valence electrons. The van der Waals surface area contributed by atoms with Crippen molar-refractivity contribution in [3.8, 4) is 0 Å². The Kier molecular flexibility index (Phi) is 4.74. The van der Waals surface area contributed by atoms with Crippen LogP contribution >= 0.6 is 0 Å². The van der Waals surface area contributed by atoms with Gasteiger partial charge in [0, 0.05) is 13.2 Å². The molecule has 1 atom stereocenters. The van der Waals surface area contributed by atoms with Crippen molar-refractivity contribution in [1.82, 2.24) is 5.32 Å². The van der Waals surface area contributed by atoms with Gasteiger partial charge in [0.25, 0.3) is 0 Å². The van der Waals surface area contributed by atoms with E-state index in [1.54, 1.807) is 21.0 Å². The van der Waals surface area contributed by atoms with Crippen LogP contribution < -0.4 is 11.1 Å². The number of nitrogens with two attached hydrogens (primary N) is 1. The first kappa shape index (κ1) is 14.4. The molecule has 0 rings (SSSR count). The van der Waals surface area contributed by atoms with Crippen LogP contribution in [0.2, 0.25) is 0 Å². The van der Waals surface area contributed by atoms with E-state index >= 15 is 0 Å². The van der Waals surface area contributed by atoms with Crippen molar-refractivity contribution in [2.45, 2.75) is 58.2 Å². The molecule has 0 aliphatic rings. The summed E-state index contributed by atoms with van der Waals surface area (Å²) in [6.07, 6.45) is 0.755. The summed E-state index contributed by atoms with van der Waals surface area (Å²) >= 11 is 0. The molecule has 0 radical (unpaired) electrons. The van der Waals surface area contributed by atoms with Gasteiger partial charge in [-0.15, -0.1) is 0 Å². The van der Waals surface area contributed by atoms with Gasteiger partial charge >= 0.3 is 0 Å². The summed E-state index contributed by atoms with van der Waals surface area (Å²) in [5.41, 5.74) is 4.62. The third-order valence-electron chi connectivity index (χ3n) is 2.31. The van der Waals surface area contributed by atoms with Crippen molar-refractivity contribution in [3.05, 3.63) is 0 Å². The van der Waals surface area contributed by atoms with Crippen molar-refractivity contribution in [1.29, 1.82) is 0 Å². The van der Waals surface area contributed by atoms with Crippen LogP contribution in [0, 0.1) is 0 Å². The minimum Gasteiger partial charge on any atom is -0.379 e. The normalized spacial score (nSPS) is 14.9. The van der Waals surface area contributed by atoms with Crippen LogP contribution in [-0.2, 0) is 9.53 Å². The van der Waals surface area contributed by atoms with E-state index in [9.17, 15) is 4.79 Å². The highest BCUT2D eigenvalue weighted by Gasteiger charge is 2.26. The molecule has 1 amide bonds. The Morgan fingerprint density at radius 3 is 2.20 bits per heavy atom. The molecule has 0 heterocycles. The van der Waals surface area contributed by atoms with Gasteiger partial charge in [0.2, 0.25) is 5.91 Å². The number of carbonyl (C=O) groups is 1. The van der Waals surface area contributed by atoms with Gasteiger partial charge in [-0.1, -0.05) is 0 Å². The highest BCUT2D eigenvalue weighted by molar-refractivity contribution is 5.85. The van der Waals surface area contributed by atoms with Crippen molar-refractivity contribution in [3.63, 3.8) is 0 Å². The molecule has 0 aliphatic carbocycles. The predicted octanol–water partition coefficient (Wildman–Crippen LogP) is 1.04. The highest BCUT2D eigenvalue weighted by Crippen LogP contribution is 2.15. The summed E-state index contributed by atoms with van der Waals surface area (Å²) in [5, 5.41) is 2.87. The molecule has 15 heavy (non-hydrogen) atoms. The molecule has 1 unspecified atom stereocenters. The number of rotatable bonds is 5. The third kappa shape index (κ3) is 5.74. The summed E-state index contributed by atoms with van der Waals surface area (Å²) in [5.74, 6) is -0.137. The van der Waals surface area contributed by atoms with Gasteiger partial charge in [0.1, 0.15) is 0 Å². The highest BCUT2D eigenvalue weighted by atomic mass is 16.5. The minimum atomic E-state index is -0.828. The van der Waals surface area contributed by atoms with Crippen molar-refractivity contribution >= 4 is 5.91 Å². The Bertz CT molecular complexity index is 219. The minimum absolute atomic E-state index is 0.0512. The molecule has 0 bridgehead atoms. The van der Waals surface area contributed by atoms with Gasteiger partial charge in [-0.2, -0.15) is 0 Å². The van der Waals surface area contributed by atoms with Crippen LogP contribution in [0.4, 0.5) is 0 Å². The summed E-state index contributed by atoms with van der Waals surface area (Å²) in [6, 6.07) is 0.0512. The predicted molar refractivity (Wildman–Crippen MR) is 61.6 cm³/mol. The van der Waals surface area contributed by atoms with Crippen LogP contribution in [0.1, 0.15) is 41.0 Å². The van der Waals surface area contributed by atoms with Crippen LogP contribution in [0.3, 0.4) is 0 Å². The molecule has 0 aliphatic heterocycles. The number of carbonyl (C=O) groups excluding carboxylic acids is 1. The Morgan fingerprint density at radius 1 is 1.40 bits per heavy atom. The summed E-state index contributed by atoms with van der Waals surface area (Å²) < 4.78 is 5.29. The fourth-order valence-corrected chi connectivity index (χ4v) is 1.28. The second-order valence-corrected chi connectivity index (χ2v) is 5.26. The van der Waals surface area contributed by atoms with Gasteiger partial charge in [0.05, 0.1) is 11.1 Å². The quantitative estimate of drug-likeness (QED) is 0.722. The number of methoxy groups -OCH3 is 1. The maximum absolute atomic E-state index is 11.6. The van der Waals surface area contributed by atoms with E-state index < -0.39 is 5.54 Å². The van der Waals surface area contributed by atoms with Crippen LogP contribution in [0.5, 0.6) is 0 Å². The summed E-state index contributed by atoms with van der Waals surface area (Å²) in [6.45, 7) is 9.31. The monoisotopic (exact) mass is 216 g/mol. The van der Waals surface area contributed by atoms with E-state index in [0.717, 1.165) is 6.42 Å². The van der Waals surface area contributed by atoms with Gasteiger partial charge in [-0.3, -0.25) is 4.79 Å². The molecular weight excluding hydrogens is 192 g/mol. The van der Waals surface area contributed by atoms with E-state index in [4.69, 9.17) is 10.5 Å². The largest absolute Gasteiger partial charge is 0.379 e. The number of hydrogen-bond acceptors (Lipinski definition) is 3. The molecule has 4 heteroatoms. The Balaban J connectivity index is 4.16. The molecule has 3 N–H and O–H groups in total. The number of ether oxygens (including phenoxy) is 1. The zero-order chi connectivity index (χ0) is 12.3. The Morgan fingerprint density at radius 2 is 1.87 bits per heavy atom. The first-order valence-electron chi connectivity index (χ1n) is 5.23.